The molecule has 4 nitrogen and oxygen atoms in total. The number of benzene rings is 4. The van der Waals surface area contributed by atoms with E-state index in [0.29, 0.717) is 0 Å². The lowest BCUT2D eigenvalue weighted by atomic mass is 10.2. The van der Waals surface area contributed by atoms with Gasteiger partial charge in [0.15, 0.2) is 6.20 Å². The molecule has 6 aromatic rings. The highest BCUT2D eigenvalue weighted by Crippen LogP contribution is 2.84. The number of hydrogen-bond acceptors (Lipinski definition) is 2. The highest BCUT2D eigenvalue weighted by atomic mass is 31.2. The average molecular weight is 586 g/mol. The van der Waals surface area contributed by atoms with Crippen molar-refractivity contribution < 1.29 is 4.57 Å². The van der Waals surface area contributed by atoms with E-state index < -0.39 is 19.7 Å². The smallest absolute Gasteiger partial charge is 0.206 e. The third kappa shape index (κ3) is 3.59. The van der Waals surface area contributed by atoms with Crippen LogP contribution in [-0.4, -0.2) is 28.1 Å². The van der Waals surface area contributed by atoms with Crippen LogP contribution in [0.2, 0.25) is 0 Å². The van der Waals surface area contributed by atoms with Crippen LogP contribution in [-0.2, 0) is 5.15 Å². The molecule has 0 fully saturated rings. The number of hydrogen-bond donors (Lipinski definition) is 0. The molecule has 1 aliphatic heterocycles. The molecule has 0 saturated carbocycles. The van der Waals surface area contributed by atoms with Gasteiger partial charge in [0.05, 0.1) is 13.3 Å². The molecule has 0 atom stereocenters. The second-order valence-corrected chi connectivity index (χ2v) is 19.0. The number of rotatable bonds is 6. The van der Waals surface area contributed by atoms with Gasteiger partial charge in [0.1, 0.15) is 27.0 Å². The summed E-state index contributed by atoms with van der Waals surface area (Å²) in [6.07, 6.45) is 2.31. The van der Waals surface area contributed by atoms with Crippen molar-refractivity contribution in [3.05, 3.63) is 151 Å². The minimum absolute atomic E-state index is 0.620. The van der Waals surface area contributed by atoms with E-state index in [2.05, 4.69) is 169 Å². The second-order valence-electron chi connectivity index (χ2n) is 11.3. The Morgan fingerprint density at radius 1 is 0.595 bits per heavy atom. The van der Waals surface area contributed by atoms with Crippen LogP contribution in [0.25, 0.3) is 11.5 Å². The number of pyridine rings is 1. The molecule has 0 N–H and O–H groups in total. The fourth-order valence-corrected chi connectivity index (χ4v) is 18.9. The molecule has 1 aliphatic rings. The van der Waals surface area contributed by atoms with Crippen molar-refractivity contribution in [2.24, 2.45) is 0 Å². The van der Waals surface area contributed by atoms with E-state index in [-0.39, 0.29) is 0 Å². The third-order valence-electron chi connectivity index (χ3n) is 8.95. The van der Waals surface area contributed by atoms with E-state index in [4.69, 9.17) is 10.1 Å². The Hall–Kier alpha value is -3.97. The first-order chi connectivity index (χ1) is 20.4. The summed E-state index contributed by atoms with van der Waals surface area (Å²) in [5, 5.41) is 10.1. The predicted molar refractivity (Wildman–Crippen MR) is 178 cm³/mol. The van der Waals surface area contributed by atoms with E-state index in [1.165, 1.54) is 26.8 Å². The van der Waals surface area contributed by atoms with Crippen molar-refractivity contribution in [3.8, 4) is 11.5 Å². The number of nitrogens with zero attached hydrogens (tertiary/aromatic N) is 4. The Bertz CT molecular complexity index is 1700. The highest BCUT2D eigenvalue weighted by molar-refractivity contribution is 8.04. The van der Waals surface area contributed by atoms with Crippen LogP contribution in [0.1, 0.15) is 11.4 Å². The molecular weight excluding hydrogens is 550 g/mol. The molecule has 0 radical (unpaired) electrons. The van der Waals surface area contributed by atoms with Gasteiger partial charge in [-0.05, 0) is 67.9 Å². The fraction of sp³-hybridized carbons (Fsp3) is 0.139. The number of aromatic nitrogens is 4. The van der Waals surface area contributed by atoms with E-state index in [1.807, 2.05) is 6.92 Å². The summed E-state index contributed by atoms with van der Waals surface area (Å²) in [5.41, 5.74) is 2.33. The molecule has 2 aromatic heterocycles. The summed E-state index contributed by atoms with van der Waals surface area (Å²) >= 11 is 0. The molecule has 7 rings (SSSR count). The summed E-state index contributed by atoms with van der Waals surface area (Å²) in [5.74, 6) is 1.73. The SMILES string of the molecule is Cc1cc[n+]2c(c1)-c1nc(C)nn1C2([P+](C)(c1ccccc1)c1ccccc1)[P+](C)(c1ccccc1)c1ccccc1. The van der Waals surface area contributed by atoms with Crippen molar-refractivity contribution in [2.45, 2.75) is 19.0 Å². The number of fused-ring (bicyclic) bond motifs is 3. The minimum Gasteiger partial charge on any atom is -0.206 e. The first-order valence-corrected chi connectivity index (χ1v) is 18.8. The summed E-state index contributed by atoms with van der Waals surface area (Å²) in [6.45, 7) is 9.26. The van der Waals surface area contributed by atoms with Crippen molar-refractivity contribution in [3.63, 3.8) is 0 Å². The first-order valence-electron chi connectivity index (χ1n) is 14.4. The summed E-state index contributed by atoms with van der Waals surface area (Å²) in [4.78, 5) is 5.14. The van der Waals surface area contributed by atoms with Crippen LogP contribution in [0.4, 0.5) is 0 Å². The van der Waals surface area contributed by atoms with Gasteiger partial charge in [-0.15, -0.1) is 14.3 Å². The molecule has 3 heterocycles. The van der Waals surface area contributed by atoms with Crippen molar-refractivity contribution in [1.82, 2.24) is 14.8 Å². The van der Waals surface area contributed by atoms with Crippen LogP contribution >= 0.6 is 14.5 Å². The molecule has 0 aliphatic carbocycles. The molecule has 4 aromatic carbocycles. The van der Waals surface area contributed by atoms with Gasteiger partial charge in [0.2, 0.25) is 20.3 Å². The number of aryl methyl sites for hydroxylation is 2. The quantitative estimate of drug-likeness (QED) is 0.181. The molecule has 0 amide bonds. The lowest BCUT2D eigenvalue weighted by Crippen LogP contribution is -2.66. The van der Waals surface area contributed by atoms with Gasteiger partial charge < -0.3 is 0 Å². The normalized spacial score (nSPS) is 13.9. The Morgan fingerprint density at radius 2 is 1.00 bits per heavy atom. The zero-order valence-corrected chi connectivity index (χ0v) is 26.3. The van der Waals surface area contributed by atoms with Crippen LogP contribution in [0.15, 0.2) is 140 Å². The van der Waals surface area contributed by atoms with Crippen LogP contribution < -0.4 is 25.8 Å². The maximum Gasteiger partial charge on any atom is 0.470 e. The van der Waals surface area contributed by atoms with Gasteiger partial charge in [-0.1, -0.05) is 72.8 Å². The van der Waals surface area contributed by atoms with E-state index in [9.17, 15) is 0 Å². The monoisotopic (exact) mass is 585 g/mol. The average Bonchev–Trinajstić information content (AvgIpc) is 3.55. The zero-order valence-electron chi connectivity index (χ0n) is 24.5. The molecule has 42 heavy (non-hydrogen) atoms. The maximum atomic E-state index is 5.36. The Labute approximate surface area is 249 Å². The van der Waals surface area contributed by atoms with Gasteiger partial charge >= 0.3 is 5.15 Å². The largest absolute Gasteiger partial charge is 0.470 e. The van der Waals surface area contributed by atoms with E-state index in [0.717, 1.165) is 17.3 Å². The van der Waals surface area contributed by atoms with Crippen molar-refractivity contribution in [2.75, 3.05) is 13.3 Å². The van der Waals surface area contributed by atoms with E-state index >= 15 is 0 Å². The maximum absolute atomic E-state index is 5.36. The van der Waals surface area contributed by atoms with Crippen molar-refractivity contribution >= 4 is 35.7 Å². The molecule has 0 saturated heterocycles. The lowest BCUT2D eigenvalue weighted by Gasteiger charge is -2.40. The molecular formula is C36H35N4P2+3. The highest BCUT2D eigenvalue weighted by Gasteiger charge is 2.86. The van der Waals surface area contributed by atoms with Gasteiger partial charge in [0.25, 0.3) is 5.69 Å². The zero-order chi connectivity index (χ0) is 29.0. The van der Waals surface area contributed by atoms with Crippen LogP contribution in [0.3, 0.4) is 0 Å². The minimum atomic E-state index is -2.40. The topological polar surface area (TPSA) is 34.6 Å². The van der Waals surface area contributed by atoms with Gasteiger partial charge in [-0.25, -0.2) is 4.98 Å². The Morgan fingerprint density at radius 3 is 1.40 bits per heavy atom. The van der Waals surface area contributed by atoms with Crippen molar-refractivity contribution in [1.29, 1.82) is 0 Å². The molecule has 0 unspecified atom stereocenters. The Kier molecular flexibility index (Phi) is 6.46. The third-order valence-corrected chi connectivity index (χ3v) is 19.9. The Balaban J connectivity index is 1.77. The fourth-order valence-electron chi connectivity index (χ4n) is 7.04. The van der Waals surface area contributed by atoms with Gasteiger partial charge in [-0.2, -0.15) is 0 Å². The first kappa shape index (κ1) is 26.9. The standard InChI is InChI=1S/C36H35N4P2/c1-28-25-26-39-34(27-28)35-37-29(2)38-40(35)36(39,41(3,30-17-9-5-10-18-30)31-19-11-6-12-20-31)42(4,32-21-13-7-14-22-32)33-23-15-8-16-24-33/h5-27H,1-4H3/q+3. The molecule has 0 bridgehead atoms. The molecule has 206 valence electrons. The van der Waals surface area contributed by atoms with Crippen LogP contribution in [0.5, 0.6) is 0 Å². The molecule has 0 spiro atoms. The van der Waals surface area contributed by atoms with Gasteiger partial charge in [0, 0.05) is 12.1 Å². The summed E-state index contributed by atoms with van der Waals surface area (Å²) in [7, 11) is -4.80. The lowest BCUT2D eigenvalue weighted by molar-refractivity contribution is -0.705. The van der Waals surface area contributed by atoms with E-state index in [1.54, 1.807) is 0 Å². The summed E-state index contributed by atoms with van der Waals surface area (Å²) in [6, 6.07) is 49.2. The summed E-state index contributed by atoms with van der Waals surface area (Å²) < 4.78 is 4.91. The van der Waals surface area contributed by atoms with Crippen LogP contribution in [0, 0.1) is 13.8 Å². The van der Waals surface area contributed by atoms with Gasteiger partial charge in [-0.3, -0.25) is 0 Å². The predicted octanol–water partition coefficient (Wildman–Crippen LogP) is 5.88. The molecule has 6 heteroatoms. The second kappa shape index (κ2) is 10.1.